The fraction of sp³-hybridized carbons (Fsp3) is 0.100. The number of nitro groups is 1. The van der Waals surface area contributed by atoms with Crippen molar-refractivity contribution in [3.8, 4) is 5.69 Å². The first-order valence-electron chi connectivity index (χ1n) is 4.89. The molecule has 0 atom stereocenters. The molecular weight excluding hydrogens is 240 g/mol. The summed E-state index contributed by atoms with van der Waals surface area (Å²) in [5.74, 6) is -1.79. The first kappa shape index (κ1) is 11.7. The molecule has 92 valence electrons. The number of rotatable bonds is 3. The third-order valence-electron chi connectivity index (χ3n) is 2.26. The average Bonchev–Trinajstić information content (AvgIpc) is 2.74. The second kappa shape index (κ2) is 4.24. The molecular formula is C10H8N4O4. The molecule has 0 saturated carbocycles. The van der Waals surface area contributed by atoms with Crippen molar-refractivity contribution in [1.29, 1.82) is 0 Å². The Balaban J connectivity index is 2.60. The molecule has 0 fully saturated rings. The lowest BCUT2D eigenvalue weighted by atomic mass is 10.2. The molecule has 18 heavy (non-hydrogen) atoms. The summed E-state index contributed by atoms with van der Waals surface area (Å²) in [5, 5.41) is 23.6. The first-order chi connectivity index (χ1) is 8.49. The van der Waals surface area contributed by atoms with Crippen molar-refractivity contribution in [1.82, 2.24) is 14.8 Å². The molecule has 2 rings (SSSR count). The van der Waals surface area contributed by atoms with E-state index in [4.69, 9.17) is 5.11 Å². The van der Waals surface area contributed by atoms with E-state index >= 15 is 0 Å². The molecule has 2 aromatic heterocycles. The second-order valence-corrected chi connectivity index (χ2v) is 3.52. The Morgan fingerprint density at radius 2 is 2.28 bits per heavy atom. The summed E-state index contributed by atoms with van der Waals surface area (Å²) < 4.78 is 1.31. The Labute approximate surface area is 101 Å². The lowest BCUT2D eigenvalue weighted by molar-refractivity contribution is -0.389. The SMILES string of the molecule is Cc1ccn(-c2cnc([N+](=O)[O-])cc2C(=O)O)n1. The fourth-order valence-corrected chi connectivity index (χ4v) is 1.44. The first-order valence-corrected chi connectivity index (χ1v) is 4.89. The zero-order valence-electron chi connectivity index (χ0n) is 9.27. The number of carboxylic acid groups (broad SMARTS) is 1. The van der Waals surface area contributed by atoms with Crippen LogP contribution < -0.4 is 0 Å². The number of aromatic nitrogens is 3. The van der Waals surface area contributed by atoms with E-state index in [1.54, 1.807) is 19.2 Å². The van der Waals surface area contributed by atoms with Gasteiger partial charge in [-0.25, -0.2) is 9.48 Å². The van der Waals surface area contributed by atoms with Gasteiger partial charge < -0.3 is 15.2 Å². The van der Waals surface area contributed by atoms with Crippen molar-refractivity contribution in [2.75, 3.05) is 0 Å². The minimum Gasteiger partial charge on any atom is -0.478 e. The van der Waals surface area contributed by atoms with Crippen molar-refractivity contribution >= 4 is 11.8 Å². The molecule has 2 heterocycles. The molecule has 0 saturated heterocycles. The largest absolute Gasteiger partial charge is 0.478 e. The topological polar surface area (TPSA) is 111 Å². The molecule has 0 aromatic carbocycles. The lowest BCUT2D eigenvalue weighted by Gasteiger charge is -2.03. The van der Waals surface area contributed by atoms with Gasteiger partial charge in [-0.15, -0.1) is 0 Å². The van der Waals surface area contributed by atoms with E-state index < -0.39 is 16.7 Å². The Hall–Kier alpha value is -2.77. The molecule has 0 aliphatic rings. The summed E-state index contributed by atoms with van der Waals surface area (Å²) >= 11 is 0. The Bertz CT molecular complexity index is 635. The molecule has 0 spiro atoms. The maximum absolute atomic E-state index is 11.1. The average molecular weight is 248 g/mol. The predicted molar refractivity (Wildman–Crippen MR) is 59.7 cm³/mol. The molecule has 0 aliphatic heterocycles. The molecule has 0 aliphatic carbocycles. The van der Waals surface area contributed by atoms with E-state index in [1.165, 1.54) is 4.68 Å². The van der Waals surface area contributed by atoms with Crippen LogP contribution in [0.15, 0.2) is 24.5 Å². The van der Waals surface area contributed by atoms with Crippen LogP contribution >= 0.6 is 0 Å². The maximum Gasteiger partial charge on any atom is 0.364 e. The number of aryl methyl sites for hydroxylation is 1. The quantitative estimate of drug-likeness (QED) is 0.644. The second-order valence-electron chi connectivity index (χ2n) is 3.52. The van der Waals surface area contributed by atoms with E-state index in [1.807, 2.05) is 0 Å². The smallest absolute Gasteiger partial charge is 0.364 e. The maximum atomic E-state index is 11.1. The standard InChI is InChI=1S/C10H8N4O4/c1-6-2-3-13(12-6)8-5-11-9(14(17)18)4-7(8)10(15)16/h2-5H,1H3,(H,15,16). The summed E-state index contributed by atoms with van der Waals surface area (Å²) in [6, 6.07) is 2.60. The number of hydrogen-bond acceptors (Lipinski definition) is 5. The van der Waals surface area contributed by atoms with Crippen LogP contribution in [0.5, 0.6) is 0 Å². The van der Waals surface area contributed by atoms with Gasteiger partial charge >= 0.3 is 11.8 Å². The van der Waals surface area contributed by atoms with E-state index in [0.29, 0.717) is 5.69 Å². The van der Waals surface area contributed by atoms with E-state index in [-0.39, 0.29) is 11.3 Å². The summed E-state index contributed by atoms with van der Waals surface area (Å²) in [6.07, 6.45) is 2.68. The van der Waals surface area contributed by atoms with Gasteiger partial charge in [0.25, 0.3) is 0 Å². The van der Waals surface area contributed by atoms with Crippen molar-refractivity contribution in [2.24, 2.45) is 0 Å². The monoisotopic (exact) mass is 248 g/mol. The van der Waals surface area contributed by atoms with Crippen LogP contribution in [0.25, 0.3) is 5.69 Å². The van der Waals surface area contributed by atoms with Crippen molar-refractivity contribution in [3.63, 3.8) is 0 Å². The summed E-state index contributed by atoms with van der Waals surface area (Å²) in [5.41, 5.74) is 0.658. The molecule has 0 radical (unpaired) electrons. The van der Waals surface area contributed by atoms with Gasteiger partial charge in [0.05, 0.1) is 17.3 Å². The van der Waals surface area contributed by atoms with Crippen LogP contribution in [0.2, 0.25) is 0 Å². The third-order valence-corrected chi connectivity index (χ3v) is 2.26. The number of nitrogens with zero attached hydrogens (tertiary/aromatic N) is 4. The minimum absolute atomic E-state index is 0.182. The van der Waals surface area contributed by atoms with Gasteiger partial charge in [-0.1, -0.05) is 0 Å². The Morgan fingerprint density at radius 3 is 2.78 bits per heavy atom. The van der Waals surface area contributed by atoms with Crippen molar-refractivity contribution in [2.45, 2.75) is 6.92 Å². The summed E-state index contributed by atoms with van der Waals surface area (Å²) in [6.45, 7) is 1.75. The number of carbonyl (C=O) groups is 1. The summed E-state index contributed by atoms with van der Waals surface area (Å²) in [4.78, 5) is 24.5. The molecule has 0 bridgehead atoms. The van der Waals surface area contributed by atoms with Crippen LogP contribution in [-0.2, 0) is 0 Å². The lowest BCUT2D eigenvalue weighted by Crippen LogP contribution is -2.08. The molecule has 2 aromatic rings. The zero-order chi connectivity index (χ0) is 13.3. The van der Waals surface area contributed by atoms with Crippen LogP contribution in [0, 0.1) is 17.0 Å². The van der Waals surface area contributed by atoms with E-state index in [2.05, 4.69) is 10.1 Å². The zero-order valence-corrected chi connectivity index (χ0v) is 9.27. The summed E-state index contributed by atoms with van der Waals surface area (Å²) in [7, 11) is 0. The van der Waals surface area contributed by atoms with Gasteiger partial charge in [0.2, 0.25) is 0 Å². The van der Waals surface area contributed by atoms with Gasteiger partial charge in [0.1, 0.15) is 5.69 Å². The van der Waals surface area contributed by atoms with E-state index in [0.717, 1.165) is 12.3 Å². The highest BCUT2D eigenvalue weighted by atomic mass is 16.6. The van der Waals surface area contributed by atoms with Crippen LogP contribution in [-0.4, -0.2) is 30.8 Å². The van der Waals surface area contributed by atoms with Gasteiger partial charge in [-0.3, -0.25) is 0 Å². The highest BCUT2D eigenvalue weighted by molar-refractivity contribution is 5.92. The number of aromatic carboxylic acids is 1. The van der Waals surface area contributed by atoms with Gasteiger partial charge in [0, 0.05) is 6.20 Å². The van der Waals surface area contributed by atoms with Gasteiger partial charge in [0.15, 0.2) is 6.20 Å². The fourth-order valence-electron chi connectivity index (χ4n) is 1.44. The number of hydrogen-bond donors (Lipinski definition) is 1. The van der Waals surface area contributed by atoms with Crippen LogP contribution in [0.4, 0.5) is 5.82 Å². The number of pyridine rings is 1. The highest BCUT2D eigenvalue weighted by Crippen LogP contribution is 2.18. The molecule has 0 amide bonds. The Morgan fingerprint density at radius 1 is 1.56 bits per heavy atom. The third kappa shape index (κ3) is 2.03. The van der Waals surface area contributed by atoms with Crippen molar-refractivity contribution < 1.29 is 14.8 Å². The van der Waals surface area contributed by atoms with Crippen LogP contribution in [0.1, 0.15) is 16.1 Å². The van der Waals surface area contributed by atoms with Gasteiger partial charge in [-0.2, -0.15) is 5.10 Å². The normalized spacial score (nSPS) is 10.3. The molecule has 0 unspecified atom stereocenters. The van der Waals surface area contributed by atoms with Gasteiger partial charge in [-0.05, 0) is 22.9 Å². The minimum atomic E-state index is -1.27. The van der Waals surface area contributed by atoms with Crippen molar-refractivity contribution in [3.05, 3.63) is 45.9 Å². The molecule has 8 nitrogen and oxygen atoms in total. The predicted octanol–water partition coefficient (Wildman–Crippen LogP) is 1.18. The molecule has 8 heteroatoms. The Kier molecular flexibility index (Phi) is 2.76. The van der Waals surface area contributed by atoms with Crippen LogP contribution in [0.3, 0.4) is 0 Å². The molecule has 1 N–H and O–H groups in total. The van der Waals surface area contributed by atoms with E-state index in [9.17, 15) is 14.9 Å². The number of carboxylic acids is 1. The highest BCUT2D eigenvalue weighted by Gasteiger charge is 2.19.